The van der Waals surface area contributed by atoms with E-state index in [-0.39, 0.29) is 12.4 Å². The molecule has 116 valence electrons. The third kappa shape index (κ3) is 6.39. The van der Waals surface area contributed by atoms with Gasteiger partial charge in [0.2, 0.25) is 5.78 Å². The maximum absolute atomic E-state index is 11.9. The zero-order valence-corrected chi connectivity index (χ0v) is 13.3. The number of hydrogen-bond donors (Lipinski definition) is 3. The summed E-state index contributed by atoms with van der Waals surface area (Å²) >= 11 is 0. The molecule has 0 radical (unpaired) electrons. The largest absolute Gasteiger partial charge is 0.383 e. The van der Waals surface area contributed by atoms with Crippen molar-refractivity contribution in [2.75, 3.05) is 39.9 Å². The topological polar surface area (TPSA) is 62.4 Å². The molecule has 1 heterocycles. The molecule has 0 aromatic rings. The van der Waals surface area contributed by atoms with Gasteiger partial charge in [-0.05, 0) is 25.3 Å². The van der Waals surface area contributed by atoms with Crippen molar-refractivity contribution in [3.63, 3.8) is 0 Å². The van der Waals surface area contributed by atoms with Gasteiger partial charge in [-0.15, -0.1) is 0 Å². The van der Waals surface area contributed by atoms with E-state index >= 15 is 0 Å². The van der Waals surface area contributed by atoms with Crippen molar-refractivity contribution < 1.29 is 9.53 Å². The third-order valence-corrected chi connectivity index (χ3v) is 3.18. The number of carbonyl (C=O) groups is 1. The molecule has 0 spiro atoms. The van der Waals surface area contributed by atoms with Crippen LogP contribution in [0.25, 0.3) is 0 Å². The van der Waals surface area contributed by atoms with E-state index in [0.717, 1.165) is 38.2 Å². The van der Waals surface area contributed by atoms with Crippen molar-refractivity contribution in [3.8, 4) is 0 Å². The van der Waals surface area contributed by atoms with Crippen molar-refractivity contribution in [1.29, 1.82) is 0 Å². The van der Waals surface area contributed by atoms with Gasteiger partial charge in [0.15, 0.2) is 0 Å². The van der Waals surface area contributed by atoms with Gasteiger partial charge in [-0.1, -0.05) is 20.8 Å². The Morgan fingerprint density at radius 1 is 1.10 bits per heavy atom. The van der Waals surface area contributed by atoms with Crippen LogP contribution in [0.2, 0.25) is 0 Å². The SMILES string of the molecule is CNCCNC1=C(NCCCC(C)(C)C)C(=O)COC1. The maximum Gasteiger partial charge on any atom is 0.206 e. The van der Waals surface area contributed by atoms with Crippen molar-refractivity contribution in [2.24, 2.45) is 5.41 Å². The zero-order chi connectivity index (χ0) is 15.0. The van der Waals surface area contributed by atoms with E-state index in [1.54, 1.807) is 0 Å². The quantitative estimate of drug-likeness (QED) is 0.581. The van der Waals surface area contributed by atoms with Crippen LogP contribution in [-0.4, -0.2) is 45.7 Å². The smallest absolute Gasteiger partial charge is 0.206 e. The fourth-order valence-corrected chi connectivity index (χ4v) is 2.07. The number of rotatable bonds is 8. The molecule has 0 aliphatic carbocycles. The second-order valence-corrected chi connectivity index (χ2v) is 6.39. The molecule has 0 atom stereocenters. The average molecular weight is 283 g/mol. The van der Waals surface area contributed by atoms with Crippen molar-refractivity contribution in [3.05, 3.63) is 11.4 Å². The first-order chi connectivity index (χ1) is 9.44. The normalized spacial score (nSPS) is 16.5. The lowest BCUT2D eigenvalue weighted by molar-refractivity contribution is -0.121. The average Bonchev–Trinajstić information content (AvgIpc) is 2.36. The molecule has 5 nitrogen and oxygen atoms in total. The molecule has 0 bridgehead atoms. The zero-order valence-electron chi connectivity index (χ0n) is 13.3. The van der Waals surface area contributed by atoms with Gasteiger partial charge in [-0.2, -0.15) is 0 Å². The van der Waals surface area contributed by atoms with Crippen LogP contribution >= 0.6 is 0 Å². The maximum atomic E-state index is 11.9. The fourth-order valence-electron chi connectivity index (χ4n) is 2.07. The number of nitrogens with one attached hydrogen (secondary N) is 3. The Balaban J connectivity index is 2.48. The fraction of sp³-hybridized carbons (Fsp3) is 0.800. The molecule has 0 saturated carbocycles. The highest BCUT2D eigenvalue weighted by atomic mass is 16.5. The van der Waals surface area contributed by atoms with Gasteiger partial charge in [0.1, 0.15) is 12.3 Å². The predicted octanol–water partition coefficient (Wildman–Crippen LogP) is 1.02. The second-order valence-electron chi connectivity index (χ2n) is 6.39. The minimum atomic E-state index is 0.0407. The molecule has 5 heteroatoms. The van der Waals surface area contributed by atoms with Crippen LogP contribution in [0.5, 0.6) is 0 Å². The summed E-state index contributed by atoms with van der Waals surface area (Å²) in [6.07, 6.45) is 2.20. The lowest BCUT2D eigenvalue weighted by Gasteiger charge is -2.23. The molecule has 3 N–H and O–H groups in total. The van der Waals surface area contributed by atoms with Crippen LogP contribution in [0.1, 0.15) is 33.6 Å². The Labute approximate surface area is 122 Å². The summed E-state index contributed by atoms with van der Waals surface area (Å²) < 4.78 is 5.29. The molecular formula is C15H29N3O2. The number of carbonyl (C=O) groups excluding carboxylic acids is 1. The van der Waals surface area contributed by atoms with Crippen molar-refractivity contribution in [2.45, 2.75) is 33.6 Å². The molecule has 0 saturated heterocycles. The van der Waals surface area contributed by atoms with Crippen LogP contribution in [-0.2, 0) is 9.53 Å². The lowest BCUT2D eigenvalue weighted by atomic mass is 9.90. The van der Waals surface area contributed by atoms with E-state index < -0.39 is 0 Å². The highest BCUT2D eigenvalue weighted by Gasteiger charge is 2.20. The first-order valence-electron chi connectivity index (χ1n) is 7.40. The van der Waals surface area contributed by atoms with Gasteiger partial charge in [0, 0.05) is 19.6 Å². The van der Waals surface area contributed by atoms with Crippen LogP contribution in [0.3, 0.4) is 0 Å². The molecule has 1 rings (SSSR count). The Morgan fingerprint density at radius 2 is 1.85 bits per heavy atom. The van der Waals surface area contributed by atoms with Crippen molar-refractivity contribution >= 4 is 5.78 Å². The minimum absolute atomic E-state index is 0.0407. The summed E-state index contributed by atoms with van der Waals surface area (Å²) in [5.74, 6) is 0.0407. The number of hydrogen-bond acceptors (Lipinski definition) is 5. The van der Waals surface area contributed by atoms with Gasteiger partial charge in [-0.3, -0.25) is 4.79 Å². The summed E-state index contributed by atoms with van der Waals surface area (Å²) in [7, 11) is 1.91. The Bertz CT molecular complexity index is 346. The molecule has 0 unspecified atom stereocenters. The minimum Gasteiger partial charge on any atom is -0.383 e. The first kappa shape index (κ1) is 17.0. The number of ether oxygens (including phenoxy) is 1. The van der Waals surface area contributed by atoms with E-state index in [1.165, 1.54) is 0 Å². The monoisotopic (exact) mass is 283 g/mol. The summed E-state index contributed by atoms with van der Waals surface area (Å²) in [5.41, 5.74) is 1.93. The Hall–Kier alpha value is -1.07. The molecule has 0 aromatic heterocycles. The first-order valence-corrected chi connectivity index (χ1v) is 7.40. The second kappa shape index (κ2) is 8.27. The van der Waals surface area contributed by atoms with E-state index in [1.807, 2.05) is 7.05 Å². The molecule has 0 aromatic carbocycles. The lowest BCUT2D eigenvalue weighted by Crippen LogP contribution is -2.37. The number of Topliss-reactive ketones (excluding diaryl/α,β-unsaturated/α-hetero) is 1. The van der Waals surface area contributed by atoms with E-state index in [4.69, 9.17) is 4.74 Å². The summed E-state index contributed by atoms with van der Waals surface area (Å²) in [5, 5.41) is 9.63. The standard InChI is InChI=1S/C15H29N3O2/c1-15(2,3)6-5-7-18-14-12(17-9-8-16-4)10-20-11-13(14)19/h16-18H,5-11H2,1-4H3. The van der Waals surface area contributed by atoms with E-state index in [2.05, 4.69) is 36.7 Å². The summed E-state index contributed by atoms with van der Waals surface area (Å²) in [6.45, 7) is 9.83. The van der Waals surface area contributed by atoms with Gasteiger partial charge >= 0.3 is 0 Å². The summed E-state index contributed by atoms with van der Waals surface area (Å²) in [4.78, 5) is 11.9. The van der Waals surface area contributed by atoms with E-state index in [0.29, 0.717) is 17.7 Å². The van der Waals surface area contributed by atoms with E-state index in [9.17, 15) is 4.79 Å². The molecular weight excluding hydrogens is 254 g/mol. The molecule has 0 fully saturated rings. The number of likely N-dealkylation sites (N-methyl/N-ethyl adjacent to an activating group) is 1. The van der Waals surface area contributed by atoms with Crippen LogP contribution in [0.4, 0.5) is 0 Å². The van der Waals surface area contributed by atoms with Gasteiger partial charge in [-0.25, -0.2) is 0 Å². The van der Waals surface area contributed by atoms with Crippen LogP contribution in [0, 0.1) is 5.41 Å². The highest BCUT2D eigenvalue weighted by molar-refractivity contribution is 5.97. The Morgan fingerprint density at radius 3 is 2.50 bits per heavy atom. The molecule has 1 aliphatic rings. The molecule has 20 heavy (non-hydrogen) atoms. The molecule has 1 aliphatic heterocycles. The summed E-state index contributed by atoms with van der Waals surface area (Å²) in [6, 6.07) is 0. The van der Waals surface area contributed by atoms with Crippen molar-refractivity contribution in [1.82, 2.24) is 16.0 Å². The van der Waals surface area contributed by atoms with Crippen LogP contribution < -0.4 is 16.0 Å². The van der Waals surface area contributed by atoms with Gasteiger partial charge in [0.25, 0.3) is 0 Å². The van der Waals surface area contributed by atoms with Crippen LogP contribution in [0.15, 0.2) is 11.4 Å². The Kier molecular flexibility index (Phi) is 7.02. The predicted molar refractivity (Wildman–Crippen MR) is 81.5 cm³/mol. The van der Waals surface area contributed by atoms with Gasteiger partial charge < -0.3 is 20.7 Å². The van der Waals surface area contributed by atoms with Gasteiger partial charge in [0.05, 0.1) is 12.3 Å². The third-order valence-electron chi connectivity index (χ3n) is 3.18. The number of ketones is 1. The highest BCUT2D eigenvalue weighted by Crippen LogP contribution is 2.20. The molecule has 0 amide bonds.